The van der Waals surface area contributed by atoms with Crippen LogP contribution in [0.3, 0.4) is 0 Å². The molecule has 0 atom stereocenters. The number of morpholine rings is 1. The average Bonchev–Trinajstić information content (AvgIpc) is 2.70. The van der Waals surface area contributed by atoms with Crippen molar-refractivity contribution >= 4 is 40.5 Å². The van der Waals surface area contributed by atoms with Crippen molar-refractivity contribution in [1.29, 1.82) is 0 Å². The number of amides is 1. The number of hydrogen-bond donors (Lipinski definition) is 3. The summed E-state index contributed by atoms with van der Waals surface area (Å²) < 4.78 is 10.5. The number of hydrogen-bond acceptors (Lipinski definition) is 4. The Labute approximate surface area is 174 Å². The summed E-state index contributed by atoms with van der Waals surface area (Å²) in [4.78, 5) is 13.8. The van der Waals surface area contributed by atoms with Gasteiger partial charge in [0.2, 0.25) is 0 Å². The van der Waals surface area contributed by atoms with Gasteiger partial charge in [0.25, 0.3) is 5.91 Å². The lowest BCUT2D eigenvalue weighted by Crippen LogP contribution is -3.12. The summed E-state index contributed by atoms with van der Waals surface area (Å²) in [6.45, 7) is 4.69. The molecular weight excluding hydrogens is 398 g/mol. The van der Waals surface area contributed by atoms with Gasteiger partial charge < -0.3 is 19.7 Å². The van der Waals surface area contributed by atoms with Crippen LogP contribution in [0.4, 0.5) is 5.69 Å². The predicted octanol–water partition coefficient (Wildman–Crippen LogP) is 1.89. The maximum Gasteiger partial charge on any atom is 0.257 e. The fourth-order valence-electron chi connectivity index (χ4n) is 2.98. The fraction of sp³-hybridized carbons (Fsp3) is 0.300. The van der Waals surface area contributed by atoms with E-state index in [0.717, 1.165) is 38.5 Å². The highest BCUT2D eigenvalue weighted by Gasteiger charge is 2.14. The number of rotatable bonds is 5. The van der Waals surface area contributed by atoms with Crippen molar-refractivity contribution in [2.45, 2.75) is 6.54 Å². The molecule has 0 bridgehead atoms. The summed E-state index contributed by atoms with van der Waals surface area (Å²) >= 11 is 11.3. The molecule has 1 amide bonds. The van der Waals surface area contributed by atoms with Gasteiger partial charge in [0.15, 0.2) is 5.11 Å². The van der Waals surface area contributed by atoms with E-state index in [0.29, 0.717) is 16.3 Å². The molecule has 0 aliphatic carbocycles. The van der Waals surface area contributed by atoms with E-state index >= 15 is 0 Å². The molecule has 28 heavy (non-hydrogen) atoms. The van der Waals surface area contributed by atoms with Crippen molar-refractivity contribution in [2.24, 2.45) is 0 Å². The molecule has 0 radical (unpaired) electrons. The number of nitrogens with one attached hydrogen (secondary N) is 3. The smallest absolute Gasteiger partial charge is 0.257 e. The number of halogens is 1. The highest BCUT2D eigenvalue weighted by molar-refractivity contribution is 7.80. The molecule has 1 fully saturated rings. The molecule has 3 N–H and O–H groups in total. The van der Waals surface area contributed by atoms with Crippen LogP contribution in [-0.4, -0.2) is 44.4 Å². The summed E-state index contributed by atoms with van der Waals surface area (Å²) in [7, 11) is 1.52. The van der Waals surface area contributed by atoms with Gasteiger partial charge in [0.1, 0.15) is 25.4 Å². The largest absolute Gasteiger partial charge is 0.495 e. The molecule has 1 aliphatic heterocycles. The van der Waals surface area contributed by atoms with Crippen molar-refractivity contribution in [3.8, 4) is 5.75 Å². The number of quaternary nitrogens is 1. The Morgan fingerprint density at radius 3 is 2.57 bits per heavy atom. The second-order valence-corrected chi connectivity index (χ2v) is 7.31. The molecule has 1 saturated heterocycles. The van der Waals surface area contributed by atoms with Gasteiger partial charge in [-0.25, -0.2) is 0 Å². The molecule has 0 aromatic heterocycles. The number of carbonyl (C=O) groups excluding carboxylic acids is 1. The van der Waals surface area contributed by atoms with E-state index in [9.17, 15) is 4.79 Å². The van der Waals surface area contributed by atoms with E-state index in [-0.39, 0.29) is 11.0 Å². The zero-order valence-electron chi connectivity index (χ0n) is 15.6. The predicted molar refractivity (Wildman–Crippen MR) is 113 cm³/mol. The second-order valence-electron chi connectivity index (χ2n) is 6.49. The number of carbonyl (C=O) groups is 1. The van der Waals surface area contributed by atoms with Gasteiger partial charge in [0, 0.05) is 16.8 Å². The summed E-state index contributed by atoms with van der Waals surface area (Å²) in [6.07, 6.45) is 0. The zero-order chi connectivity index (χ0) is 19.9. The van der Waals surface area contributed by atoms with E-state index in [1.165, 1.54) is 17.6 Å². The van der Waals surface area contributed by atoms with E-state index in [1.54, 1.807) is 18.2 Å². The lowest BCUT2D eigenvalue weighted by Gasteiger charge is -2.23. The number of anilines is 1. The maximum absolute atomic E-state index is 12.3. The fourth-order valence-corrected chi connectivity index (χ4v) is 3.44. The van der Waals surface area contributed by atoms with Crippen LogP contribution in [-0.2, 0) is 11.3 Å². The molecule has 6 nitrogen and oxygen atoms in total. The lowest BCUT2D eigenvalue weighted by molar-refractivity contribution is -0.921. The Bertz CT molecular complexity index is 839. The minimum Gasteiger partial charge on any atom is -0.495 e. The van der Waals surface area contributed by atoms with E-state index in [1.807, 2.05) is 12.1 Å². The van der Waals surface area contributed by atoms with Crippen LogP contribution in [0.5, 0.6) is 5.75 Å². The third-order valence-corrected chi connectivity index (χ3v) is 5.01. The Balaban J connectivity index is 1.52. The monoisotopic (exact) mass is 420 g/mol. The van der Waals surface area contributed by atoms with Gasteiger partial charge in [-0.05, 0) is 42.5 Å². The number of ether oxygens (including phenoxy) is 2. The van der Waals surface area contributed by atoms with Crippen LogP contribution in [0.1, 0.15) is 15.9 Å². The number of methoxy groups -OCH3 is 1. The minimum absolute atomic E-state index is 0.225. The van der Waals surface area contributed by atoms with Crippen LogP contribution in [0, 0.1) is 0 Å². The molecule has 1 heterocycles. The van der Waals surface area contributed by atoms with Crippen LogP contribution >= 0.6 is 23.8 Å². The number of benzene rings is 2. The minimum atomic E-state index is -0.338. The van der Waals surface area contributed by atoms with Gasteiger partial charge in [-0.3, -0.25) is 10.1 Å². The van der Waals surface area contributed by atoms with E-state index in [2.05, 4.69) is 22.8 Å². The molecule has 3 rings (SSSR count). The molecule has 1 aliphatic rings. The first-order valence-electron chi connectivity index (χ1n) is 9.01. The molecule has 0 spiro atoms. The first-order chi connectivity index (χ1) is 13.5. The average molecular weight is 421 g/mol. The van der Waals surface area contributed by atoms with E-state index in [4.69, 9.17) is 33.3 Å². The van der Waals surface area contributed by atoms with Crippen molar-refractivity contribution < 1.29 is 19.2 Å². The first-order valence-corrected chi connectivity index (χ1v) is 9.80. The third kappa shape index (κ3) is 5.65. The normalized spacial score (nSPS) is 14.4. The van der Waals surface area contributed by atoms with Gasteiger partial charge in [-0.1, -0.05) is 23.7 Å². The van der Waals surface area contributed by atoms with Crippen LogP contribution < -0.4 is 20.3 Å². The maximum atomic E-state index is 12.3. The third-order valence-electron chi connectivity index (χ3n) is 4.51. The van der Waals surface area contributed by atoms with Gasteiger partial charge in [-0.15, -0.1) is 0 Å². The van der Waals surface area contributed by atoms with Gasteiger partial charge in [-0.2, -0.15) is 0 Å². The Morgan fingerprint density at radius 1 is 1.21 bits per heavy atom. The van der Waals surface area contributed by atoms with Gasteiger partial charge >= 0.3 is 0 Å². The molecule has 2 aromatic rings. The van der Waals surface area contributed by atoms with Crippen LogP contribution in [0.15, 0.2) is 42.5 Å². The molecule has 0 unspecified atom stereocenters. The van der Waals surface area contributed by atoms with Crippen LogP contribution in [0.2, 0.25) is 5.02 Å². The number of thiocarbonyl (C=S) groups is 1. The molecule has 0 saturated carbocycles. The first kappa shape index (κ1) is 20.5. The zero-order valence-corrected chi connectivity index (χ0v) is 17.2. The standard InChI is InChI=1S/C20H22ClN3O3S/c1-26-18-7-4-15(12-17(18)21)19(25)23-20(28)22-16-5-2-14(3-6-16)13-24-8-10-27-11-9-24/h2-7,12H,8-11,13H2,1H3,(H2,22,23,25,28)/p+1. The Morgan fingerprint density at radius 2 is 1.93 bits per heavy atom. The second kappa shape index (κ2) is 9.84. The molecule has 8 heteroatoms. The van der Waals surface area contributed by atoms with E-state index < -0.39 is 0 Å². The van der Waals surface area contributed by atoms with Crippen molar-refractivity contribution in [1.82, 2.24) is 5.32 Å². The molecular formula is C20H23ClN3O3S+. The quantitative estimate of drug-likeness (QED) is 0.645. The highest BCUT2D eigenvalue weighted by atomic mass is 35.5. The lowest BCUT2D eigenvalue weighted by atomic mass is 10.2. The summed E-state index contributed by atoms with van der Waals surface area (Å²) in [5, 5.41) is 6.27. The summed E-state index contributed by atoms with van der Waals surface area (Å²) in [5.41, 5.74) is 2.47. The van der Waals surface area contributed by atoms with Crippen LogP contribution in [0.25, 0.3) is 0 Å². The van der Waals surface area contributed by atoms with Gasteiger partial charge in [0.05, 0.1) is 25.3 Å². The van der Waals surface area contributed by atoms with Crippen molar-refractivity contribution in [2.75, 3.05) is 38.7 Å². The Hall–Kier alpha value is -2.19. The molecule has 148 valence electrons. The Kier molecular flexibility index (Phi) is 7.22. The SMILES string of the molecule is COc1ccc(C(=O)NC(=S)Nc2ccc(C[NH+]3CCOCC3)cc2)cc1Cl. The highest BCUT2D eigenvalue weighted by Crippen LogP contribution is 2.24. The van der Waals surface area contributed by atoms with Crippen molar-refractivity contribution in [3.05, 3.63) is 58.6 Å². The summed E-state index contributed by atoms with van der Waals surface area (Å²) in [6, 6.07) is 12.9. The topological polar surface area (TPSA) is 64.0 Å². The summed E-state index contributed by atoms with van der Waals surface area (Å²) in [5.74, 6) is 0.174. The van der Waals surface area contributed by atoms with Crippen molar-refractivity contribution in [3.63, 3.8) is 0 Å². The molecule has 2 aromatic carbocycles.